The van der Waals surface area contributed by atoms with Crippen molar-refractivity contribution in [2.24, 2.45) is 0 Å². The largest absolute Gasteiger partial charge is 0.300 e. The molecule has 0 atom stereocenters. The zero-order chi connectivity index (χ0) is 34.5. The second-order valence-corrected chi connectivity index (χ2v) is 18.3. The number of Topliss-reactive ketones (excluding diaryl/α,β-unsaturated/α-hetero) is 1. The van der Waals surface area contributed by atoms with Gasteiger partial charge in [-0.25, -0.2) is 26.3 Å². The van der Waals surface area contributed by atoms with Crippen LogP contribution in [0.3, 0.4) is 0 Å². The van der Waals surface area contributed by atoms with Crippen molar-refractivity contribution in [2.45, 2.75) is 133 Å². The summed E-state index contributed by atoms with van der Waals surface area (Å²) < 4.78 is 54.6. The number of carbonyl (C=O) groups is 1. The third-order valence-electron chi connectivity index (χ3n) is 8.19. The van der Waals surface area contributed by atoms with Gasteiger partial charge in [-0.3, -0.25) is 4.79 Å². The van der Waals surface area contributed by atoms with E-state index in [0.717, 1.165) is 68.1 Å². The molecule has 0 aliphatic heterocycles. The Morgan fingerprint density at radius 2 is 1.21 bits per heavy atom. The number of ketones is 1. The Labute approximate surface area is 283 Å². The molecule has 1 saturated carbocycles. The maximum absolute atomic E-state index is 12.5. The second-order valence-electron chi connectivity index (χ2n) is 14.9. The van der Waals surface area contributed by atoms with E-state index in [1.54, 1.807) is 18.2 Å². The molecular formula is C38H52N2O5S2. The fourth-order valence-electron chi connectivity index (χ4n) is 6.15. The van der Waals surface area contributed by atoms with Crippen molar-refractivity contribution in [1.29, 1.82) is 0 Å². The molecular weight excluding hydrogens is 629 g/mol. The highest BCUT2D eigenvalue weighted by molar-refractivity contribution is 7.89. The van der Waals surface area contributed by atoms with E-state index in [4.69, 9.17) is 0 Å². The molecule has 0 aromatic heterocycles. The van der Waals surface area contributed by atoms with Gasteiger partial charge in [-0.1, -0.05) is 42.9 Å². The Kier molecular flexibility index (Phi) is 11.9. The monoisotopic (exact) mass is 680 g/mol. The molecule has 4 aliphatic rings. The smallest absolute Gasteiger partial charge is 0.241 e. The van der Waals surface area contributed by atoms with Gasteiger partial charge in [-0.05, 0) is 151 Å². The zero-order valence-electron chi connectivity index (χ0n) is 28.9. The van der Waals surface area contributed by atoms with Crippen molar-refractivity contribution in [3.05, 3.63) is 82.5 Å². The molecule has 2 aromatic rings. The lowest BCUT2D eigenvalue weighted by atomic mass is 9.90. The summed E-state index contributed by atoms with van der Waals surface area (Å²) in [5.41, 5.74) is 6.30. The number of fused-ring (bicyclic) bond motifs is 2. The van der Waals surface area contributed by atoms with Crippen LogP contribution in [0.4, 0.5) is 0 Å². The third kappa shape index (κ3) is 10.8. The highest BCUT2D eigenvalue weighted by Crippen LogP contribution is 2.38. The highest BCUT2D eigenvalue weighted by Gasteiger charge is 2.26. The Morgan fingerprint density at radius 3 is 1.74 bits per heavy atom. The fraction of sp³-hybridized carbons (Fsp3) is 0.500. The lowest BCUT2D eigenvalue weighted by Crippen LogP contribution is -2.40. The first-order valence-corrected chi connectivity index (χ1v) is 19.8. The average Bonchev–Trinajstić information content (AvgIpc) is 3.63. The Hall–Kier alpha value is -2.85. The fourth-order valence-corrected chi connectivity index (χ4v) is 9.09. The molecule has 47 heavy (non-hydrogen) atoms. The van der Waals surface area contributed by atoms with Gasteiger partial charge in [0.15, 0.2) is 0 Å². The summed E-state index contributed by atoms with van der Waals surface area (Å²) in [7, 11) is -6.89. The lowest BCUT2D eigenvalue weighted by Gasteiger charge is -2.21. The van der Waals surface area contributed by atoms with Crippen LogP contribution in [0.25, 0.3) is 11.6 Å². The first-order chi connectivity index (χ1) is 21.9. The van der Waals surface area contributed by atoms with Crippen molar-refractivity contribution in [3.63, 3.8) is 0 Å². The van der Waals surface area contributed by atoms with Crippen molar-refractivity contribution in [1.82, 2.24) is 9.44 Å². The van der Waals surface area contributed by atoms with Crippen LogP contribution in [0.2, 0.25) is 0 Å². The van der Waals surface area contributed by atoms with Gasteiger partial charge in [0.25, 0.3) is 0 Å². The average molecular weight is 681 g/mol. The maximum atomic E-state index is 12.5. The zero-order valence-corrected chi connectivity index (χ0v) is 30.5. The summed E-state index contributed by atoms with van der Waals surface area (Å²) in [5.74, 6) is 0.464. The van der Waals surface area contributed by atoms with Crippen molar-refractivity contribution in [2.75, 3.05) is 0 Å². The van der Waals surface area contributed by atoms with Crippen LogP contribution < -0.4 is 9.44 Å². The topological polar surface area (TPSA) is 109 Å². The van der Waals surface area contributed by atoms with Crippen molar-refractivity contribution < 1.29 is 21.6 Å². The molecule has 0 radical (unpaired) electrons. The molecule has 6 rings (SSSR count). The van der Waals surface area contributed by atoms with Crippen molar-refractivity contribution in [3.8, 4) is 0 Å². The van der Waals surface area contributed by atoms with Crippen LogP contribution in [0, 0.1) is 0 Å². The van der Waals surface area contributed by atoms with E-state index in [-0.39, 0.29) is 0 Å². The molecule has 0 amide bonds. The van der Waals surface area contributed by atoms with E-state index in [9.17, 15) is 21.6 Å². The van der Waals surface area contributed by atoms with Crippen molar-refractivity contribution >= 4 is 37.5 Å². The number of hydrogen-bond donors (Lipinski definition) is 2. The van der Waals surface area contributed by atoms with Crippen LogP contribution in [-0.2, 0) is 37.7 Å². The lowest BCUT2D eigenvalue weighted by molar-refractivity contribution is -0.120. The molecule has 7 nitrogen and oxygen atoms in total. The molecule has 0 heterocycles. The predicted octanol–water partition coefficient (Wildman–Crippen LogP) is 8.06. The molecule has 256 valence electrons. The number of rotatable bonds is 5. The number of sulfonamides is 2. The minimum absolute atomic E-state index is 0.342. The standard InChI is InChI=1S/C19H25NO2S.C13H17NO2S.C6H10O/c1-19(2,3)20-23(21,22)16-10-12-18-15(13-16)9-11-17(18)14-7-5-4-6-8-14;1-13(2,3)14-17(15,16)12-8-7-10-5-4-6-11(10)9-12;7-6-4-2-1-3-5-6/h7,10-13,20H,4-6,8-9H2,1-3H3;4-5,7-9,14H,6H2,1-3H3;1-5H2. The first kappa shape index (κ1) is 37.0. The molecule has 0 unspecified atom stereocenters. The normalized spacial score (nSPS) is 17.8. The molecule has 2 N–H and O–H groups in total. The quantitative estimate of drug-likeness (QED) is 0.332. The van der Waals surface area contributed by atoms with E-state index < -0.39 is 31.1 Å². The number of allylic oxidation sites excluding steroid dienone is 5. The molecule has 0 bridgehead atoms. The maximum Gasteiger partial charge on any atom is 0.241 e. The van der Waals surface area contributed by atoms with Crippen LogP contribution in [-0.4, -0.2) is 33.7 Å². The van der Waals surface area contributed by atoms with Gasteiger partial charge in [0.1, 0.15) is 5.78 Å². The van der Waals surface area contributed by atoms with Gasteiger partial charge in [0.2, 0.25) is 20.0 Å². The molecule has 0 spiro atoms. The van der Waals surface area contributed by atoms with E-state index in [1.165, 1.54) is 36.0 Å². The second kappa shape index (κ2) is 15.1. The van der Waals surface area contributed by atoms with Gasteiger partial charge in [-0.15, -0.1) is 0 Å². The minimum Gasteiger partial charge on any atom is -0.300 e. The van der Waals surface area contributed by atoms with Gasteiger partial charge >= 0.3 is 0 Å². The molecule has 1 fully saturated rings. The SMILES string of the molecule is CC(C)(C)NS(=O)(=O)c1ccc2c(c1)CC=C2.CC(C)(C)NS(=O)(=O)c1ccc2c(c1)CC=C2C1=CCCCC1.O=C1CCCCC1. The van der Waals surface area contributed by atoms with Crippen LogP contribution >= 0.6 is 0 Å². The third-order valence-corrected chi connectivity index (χ3v) is 11.7. The van der Waals surface area contributed by atoms with E-state index in [0.29, 0.717) is 15.6 Å². The molecule has 9 heteroatoms. The van der Waals surface area contributed by atoms with E-state index in [2.05, 4.69) is 21.6 Å². The number of benzene rings is 2. The summed E-state index contributed by atoms with van der Waals surface area (Å²) in [6.07, 6.45) is 20.3. The number of nitrogens with one attached hydrogen (secondary N) is 2. The summed E-state index contributed by atoms with van der Waals surface area (Å²) in [6, 6.07) is 10.8. The number of hydrogen-bond acceptors (Lipinski definition) is 5. The summed E-state index contributed by atoms with van der Waals surface area (Å²) in [6.45, 7) is 11.1. The molecule has 2 aromatic carbocycles. The Balaban J connectivity index is 0.000000182. The summed E-state index contributed by atoms with van der Waals surface area (Å²) in [4.78, 5) is 11.2. The summed E-state index contributed by atoms with van der Waals surface area (Å²) >= 11 is 0. The van der Waals surface area contributed by atoms with Gasteiger partial charge < -0.3 is 0 Å². The Bertz CT molecular complexity index is 1760. The van der Waals surface area contributed by atoms with Crippen LogP contribution in [0.15, 0.2) is 70.0 Å². The predicted molar refractivity (Wildman–Crippen MR) is 192 cm³/mol. The number of carbonyl (C=O) groups excluding carboxylic acids is 1. The van der Waals surface area contributed by atoms with Crippen LogP contribution in [0.5, 0.6) is 0 Å². The van der Waals surface area contributed by atoms with E-state index in [1.807, 2.05) is 71.9 Å². The Morgan fingerprint density at radius 1 is 0.638 bits per heavy atom. The molecule has 0 saturated heterocycles. The van der Waals surface area contributed by atoms with Crippen LogP contribution in [0.1, 0.15) is 122 Å². The van der Waals surface area contributed by atoms with Gasteiger partial charge in [0.05, 0.1) is 9.79 Å². The minimum atomic E-state index is -3.47. The summed E-state index contributed by atoms with van der Waals surface area (Å²) in [5, 5.41) is 0. The van der Waals surface area contributed by atoms with E-state index >= 15 is 0 Å². The first-order valence-electron chi connectivity index (χ1n) is 16.9. The molecule has 4 aliphatic carbocycles. The van der Waals surface area contributed by atoms with Gasteiger partial charge in [-0.2, -0.15) is 0 Å². The van der Waals surface area contributed by atoms with Gasteiger partial charge in [0, 0.05) is 23.9 Å². The highest BCUT2D eigenvalue weighted by atomic mass is 32.2.